The van der Waals surface area contributed by atoms with Gasteiger partial charge in [-0.15, -0.1) is 0 Å². The standard InChI is InChI=1S/C28H32N2O4/c1-17(2)19-8-10-20(11-9-19)22-15-24(23(16-29)21-13-14-33-26(21)22)30-27(32)18(3)7-12-25(31)34-28(4,5)6/h8-11,15,17H,3,7,12-14H2,1-2,4-6H3,(H,30,32). The second kappa shape index (κ2) is 10.1. The fourth-order valence-electron chi connectivity index (χ4n) is 3.84. The van der Waals surface area contributed by atoms with E-state index in [1.165, 1.54) is 5.56 Å². The number of nitrogens with zero attached hydrogens (tertiary/aromatic N) is 1. The van der Waals surface area contributed by atoms with Crippen molar-refractivity contribution in [3.63, 3.8) is 0 Å². The molecule has 178 valence electrons. The van der Waals surface area contributed by atoms with Gasteiger partial charge in [0.2, 0.25) is 0 Å². The molecule has 0 bridgehead atoms. The molecule has 0 spiro atoms. The number of hydrogen-bond acceptors (Lipinski definition) is 5. The minimum atomic E-state index is -0.585. The number of carbonyl (C=O) groups is 2. The summed E-state index contributed by atoms with van der Waals surface area (Å²) in [5, 5.41) is 12.7. The van der Waals surface area contributed by atoms with Gasteiger partial charge in [0.25, 0.3) is 5.91 Å². The van der Waals surface area contributed by atoms with Crippen molar-refractivity contribution in [1.29, 1.82) is 5.26 Å². The van der Waals surface area contributed by atoms with Crippen LogP contribution in [0.3, 0.4) is 0 Å². The van der Waals surface area contributed by atoms with E-state index in [1.807, 2.05) is 12.1 Å². The van der Waals surface area contributed by atoms with Crippen molar-refractivity contribution in [1.82, 2.24) is 0 Å². The fourth-order valence-corrected chi connectivity index (χ4v) is 3.84. The summed E-state index contributed by atoms with van der Waals surface area (Å²) in [5.41, 5.74) is 4.27. The van der Waals surface area contributed by atoms with Gasteiger partial charge in [0.1, 0.15) is 17.4 Å². The van der Waals surface area contributed by atoms with E-state index < -0.39 is 11.5 Å². The van der Waals surface area contributed by atoms with Crippen LogP contribution in [-0.4, -0.2) is 24.1 Å². The molecule has 1 heterocycles. The van der Waals surface area contributed by atoms with E-state index in [1.54, 1.807) is 26.8 Å². The smallest absolute Gasteiger partial charge is 0.306 e. The monoisotopic (exact) mass is 460 g/mol. The summed E-state index contributed by atoms with van der Waals surface area (Å²) in [4.78, 5) is 24.8. The summed E-state index contributed by atoms with van der Waals surface area (Å²) in [7, 11) is 0. The van der Waals surface area contributed by atoms with Crippen LogP contribution in [0.5, 0.6) is 5.75 Å². The molecule has 0 radical (unpaired) electrons. The Kier molecular flexibility index (Phi) is 7.46. The third-order valence-corrected chi connectivity index (χ3v) is 5.60. The number of ether oxygens (including phenoxy) is 2. The number of hydrogen-bond donors (Lipinski definition) is 1. The number of amides is 1. The molecule has 6 heteroatoms. The summed E-state index contributed by atoms with van der Waals surface area (Å²) in [6.07, 6.45) is 0.818. The molecular weight excluding hydrogens is 428 g/mol. The Hall–Kier alpha value is -3.59. The van der Waals surface area contributed by atoms with Gasteiger partial charge in [-0.25, -0.2) is 0 Å². The number of benzene rings is 2. The van der Waals surface area contributed by atoms with Gasteiger partial charge in [-0.1, -0.05) is 44.7 Å². The van der Waals surface area contributed by atoms with Crippen LogP contribution in [0.2, 0.25) is 0 Å². The molecule has 2 aromatic rings. The minimum Gasteiger partial charge on any atom is -0.492 e. The summed E-state index contributed by atoms with van der Waals surface area (Å²) in [5.74, 6) is 0.287. The van der Waals surface area contributed by atoms with Gasteiger partial charge in [0, 0.05) is 29.5 Å². The second-order valence-corrected chi connectivity index (χ2v) is 9.79. The van der Waals surface area contributed by atoms with E-state index in [-0.39, 0.29) is 24.4 Å². The van der Waals surface area contributed by atoms with Gasteiger partial charge < -0.3 is 14.8 Å². The van der Waals surface area contributed by atoms with Gasteiger partial charge in [-0.3, -0.25) is 9.59 Å². The van der Waals surface area contributed by atoms with Crippen molar-refractivity contribution in [3.05, 3.63) is 59.2 Å². The molecule has 3 rings (SSSR count). The van der Waals surface area contributed by atoms with Crippen LogP contribution >= 0.6 is 0 Å². The minimum absolute atomic E-state index is 0.0557. The zero-order valence-electron chi connectivity index (χ0n) is 20.6. The lowest BCUT2D eigenvalue weighted by molar-refractivity contribution is -0.154. The highest BCUT2D eigenvalue weighted by Gasteiger charge is 2.26. The molecule has 1 aliphatic heterocycles. The lowest BCUT2D eigenvalue weighted by Gasteiger charge is -2.19. The number of nitrogens with one attached hydrogen (secondary N) is 1. The van der Waals surface area contributed by atoms with E-state index in [2.05, 4.69) is 43.9 Å². The number of fused-ring (bicyclic) bond motifs is 1. The fraction of sp³-hybridized carbons (Fsp3) is 0.393. The molecule has 0 saturated carbocycles. The van der Waals surface area contributed by atoms with Crippen LogP contribution in [0.15, 0.2) is 42.5 Å². The van der Waals surface area contributed by atoms with E-state index in [9.17, 15) is 14.9 Å². The predicted octanol–water partition coefficient (Wildman–Crippen LogP) is 5.90. The highest BCUT2D eigenvalue weighted by molar-refractivity contribution is 6.05. The Labute approximate surface area is 201 Å². The molecule has 34 heavy (non-hydrogen) atoms. The largest absolute Gasteiger partial charge is 0.492 e. The van der Waals surface area contributed by atoms with E-state index in [0.717, 1.165) is 16.7 Å². The van der Waals surface area contributed by atoms with E-state index in [0.29, 0.717) is 35.9 Å². The maximum atomic E-state index is 12.8. The molecule has 1 aliphatic rings. The van der Waals surface area contributed by atoms with Crippen molar-refractivity contribution in [2.75, 3.05) is 11.9 Å². The van der Waals surface area contributed by atoms with Crippen LogP contribution in [0.4, 0.5) is 5.69 Å². The number of esters is 1. The third kappa shape index (κ3) is 5.85. The first kappa shape index (κ1) is 25.0. The second-order valence-electron chi connectivity index (χ2n) is 9.79. The first-order chi connectivity index (χ1) is 16.0. The maximum Gasteiger partial charge on any atom is 0.306 e. The number of rotatable bonds is 7. The molecule has 0 unspecified atom stereocenters. The molecule has 0 atom stereocenters. The Bertz CT molecular complexity index is 1150. The highest BCUT2D eigenvalue weighted by atomic mass is 16.6. The first-order valence-electron chi connectivity index (χ1n) is 11.5. The molecule has 0 saturated heterocycles. The Morgan fingerprint density at radius 1 is 1.21 bits per heavy atom. The summed E-state index contributed by atoms with van der Waals surface area (Å²) >= 11 is 0. The average molecular weight is 461 g/mol. The molecule has 0 aliphatic carbocycles. The normalized spacial score (nSPS) is 12.5. The van der Waals surface area contributed by atoms with Crippen LogP contribution < -0.4 is 10.1 Å². The average Bonchev–Trinajstić information content (AvgIpc) is 3.25. The van der Waals surface area contributed by atoms with Gasteiger partial charge in [-0.2, -0.15) is 5.26 Å². The molecule has 1 N–H and O–H groups in total. The Morgan fingerprint density at radius 3 is 2.47 bits per heavy atom. The van der Waals surface area contributed by atoms with E-state index in [4.69, 9.17) is 9.47 Å². The van der Waals surface area contributed by atoms with Crippen LogP contribution in [0.1, 0.15) is 70.1 Å². The zero-order chi connectivity index (χ0) is 25.0. The van der Waals surface area contributed by atoms with Gasteiger partial charge >= 0.3 is 5.97 Å². The summed E-state index contributed by atoms with van der Waals surface area (Å²) in [6, 6.07) is 12.2. The van der Waals surface area contributed by atoms with Gasteiger partial charge in [-0.05, 0) is 50.3 Å². The van der Waals surface area contributed by atoms with Crippen LogP contribution in [0, 0.1) is 11.3 Å². The van der Waals surface area contributed by atoms with E-state index >= 15 is 0 Å². The van der Waals surface area contributed by atoms with Crippen molar-refractivity contribution < 1.29 is 19.1 Å². The Balaban J connectivity index is 1.85. The molecule has 0 aromatic heterocycles. The van der Waals surface area contributed by atoms with Gasteiger partial charge in [0.05, 0.1) is 17.9 Å². The lowest BCUT2D eigenvalue weighted by atomic mass is 9.93. The van der Waals surface area contributed by atoms with Crippen molar-refractivity contribution >= 4 is 17.6 Å². The maximum absolute atomic E-state index is 12.8. The molecule has 6 nitrogen and oxygen atoms in total. The number of nitriles is 1. The zero-order valence-corrected chi connectivity index (χ0v) is 20.6. The topological polar surface area (TPSA) is 88.4 Å². The van der Waals surface area contributed by atoms with Crippen molar-refractivity contribution in [2.45, 2.75) is 65.4 Å². The molecular formula is C28H32N2O4. The van der Waals surface area contributed by atoms with Crippen molar-refractivity contribution in [2.24, 2.45) is 0 Å². The summed E-state index contributed by atoms with van der Waals surface area (Å²) < 4.78 is 11.2. The molecule has 2 aromatic carbocycles. The first-order valence-corrected chi connectivity index (χ1v) is 11.5. The van der Waals surface area contributed by atoms with Crippen LogP contribution in [0.25, 0.3) is 11.1 Å². The molecule has 0 fully saturated rings. The van der Waals surface area contributed by atoms with Crippen LogP contribution in [-0.2, 0) is 20.7 Å². The van der Waals surface area contributed by atoms with Crippen molar-refractivity contribution in [3.8, 4) is 22.9 Å². The lowest BCUT2D eigenvalue weighted by Crippen LogP contribution is -2.24. The number of anilines is 1. The third-order valence-electron chi connectivity index (χ3n) is 5.60. The predicted molar refractivity (Wildman–Crippen MR) is 133 cm³/mol. The SMILES string of the molecule is C=C(CCC(=O)OC(C)(C)C)C(=O)Nc1cc(-c2ccc(C(C)C)cc2)c2c(c1C#N)CCO2. The van der Waals surface area contributed by atoms with Gasteiger partial charge in [0.15, 0.2) is 0 Å². The summed E-state index contributed by atoms with van der Waals surface area (Å²) in [6.45, 7) is 14.0. The quantitative estimate of drug-likeness (QED) is 0.410. The molecule has 1 amide bonds. The Morgan fingerprint density at radius 2 is 1.88 bits per heavy atom. The number of carbonyl (C=O) groups excluding carboxylic acids is 2. The highest BCUT2D eigenvalue weighted by Crippen LogP contribution is 2.42.